The van der Waals surface area contributed by atoms with Crippen LogP contribution in [0.25, 0.3) is 43.2 Å². The number of unbranched alkanes of at least 4 members (excludes halogenated alkanes) is 10. The van der Waals surface area contributed by atoms with Crippen LogP contribution in [-0.4, -0.2) is 181 Å². The second-order valence-electron chi connectivity index (χ2n) is 39.0. The van der Waals surface area contributed by atoms with Gasteiger partial charge in [-0.15, -0.1) is 22.7 Å². The molecule has 2 saturated heterocycles. The maximum absolute atomic E-state index is 14.0. The Morgan fingerprint density at radius 2 is 0.915 bits per heavy atom. The quantitative estimate of drug-likeness (QED) is 0.0130. The molecule has 0 saturated carbocycles. The number of aliphatic carboxylic acids is 1. The van der Waals surface area contributed by atoms with Crippen molar-refractivity contribution in [2.24, 2.45) is 16.7 Å². The number of nitrogens with zero attached hydrogens (tertiary/aromatic N) is 5. The van der Waals surface area contributed by atoms with Crippen LogP contribution in [0, 0.1) is 30.6 Å². The standard InChI is InChI=1S/C57H71N5O7S.C34H48N2O6S.C25H27NO2/c1-7-48(41-17-13-12-14-18-41)52(42-25-29-45(63)30-26-42)43-27-31-47(32-28-43)69-34-33-61(6)51(66)20-16-11-9-8-10-15-19-50(65)60-54(57(3,4)5)56(68)62-37-46(64)35-49(62)55(67)58-36-40-21-23-44(24-22-40)53-39(2)59-38-70-53;1-23-32(43-22-35-23)25-16-13-24(14-17-25)15-18-30(39)29-20-27(38)21-36(29)33(42)28(34(2,3)4)19-26(37)11-9-7-5-6-8-10-12-31(40)41;1-3-24(19-7-5-4-6-8-19)25(20-9-13-22(27)14-10-20)21-11-15-23(16-12-21)28-18-17-26-2/h12-14,17-18,21-32,38,46,49,54,63-64H,7-11,15-16,19-20,33-37H2,1-6H3,(H,58,67)(H,60,65);13-14,16-17,22,27-29,38H,5-12,15,18-21H2,1-4H3,(H,40,41);4-16,26-27H,3,17-18H2,1-2H3/t46-,49+,54-;27-,28-,29+;/m11./s1. The minimum absolute atomic E-state index is 0.0218. The van der Waals surface area contributed by atoms with Gasteiger partial charge in [0.1, 0.15) is 54.1 Å². The van der Waals surface area contributed by atoms with Gasteiger partial charge in [0.25, 0.3) is 0 Å². The summed E-state index contributed by atoms with van der Waals surface area (Å²) in [7, 11) is 3.72. The maximum atomic E-state index is 14.0. The summed E-state index contributed by atoms with van der Waals surface area (Å²) in [5.74, 6) is -0.355. The SMILES string of the molecule is CCC(=C(c1ccc(O)cc1)c1ccc(OCCN(C)C(=O)CCCCCCCCC(=O)N[C@H](C(=O)N2C[C@H](O)C[C@H]2C(=O)NCc2ccc(-c3scnc3C)cc2)C(C)(C)C)cc1)c1ccccc1.CCC(=C(c1ccc(O)cc1)c1ccc(OCCNC)cc1)c1ccccc1.Cc1ncsc1-c1ccc(CCC(=O)[C@@H]2C[C@@H](O)CN2C(=O)[C@@H](CC(=O)CCCCCCCCC(=O)O)C(C)(C)C)cc1. The highest BCUT2D eigenvalue weighted by Crippen LogP contribution is 2.41. The topological polar surface area (TPSA) is 328 Å². The van der Waals surface area contributed by atoms with E-state index in [4.69, 9.17) is 14.6 Å². The molecule has 5 amide bonds. The molecule has 2 aromatic heterocycles. The van der Waals surface area contributed by atoms with E-state index in [-0.39, 0.29) is 111 Å². The van der Waals surface area contributed by atoms with Crippen LogP contribution in [0.2, 0.25) is 0 Å². The lowest BCUT2D eigenvalue weighted by atomic mass is 9.76. The maximum Gasteiger partial charge on any atom is 0.303 e. The first-order chi connectivity index (χ1) is 67.7. The van der Waals surface area contributed by atoms with Crippen LogP contribution in [0.1, 0.15) is 253 Å². The van der Waals surface area contributed by atoms with Crippen LogP contribution in [-0.2, 0) is 51.3 Å². The summed E-state index contributed by atoms with van der Waals surface area (Å²) in [6.07, 6.45) is 13.0. The predicted octanol–water partition coefficient (Wildman–Crippen LogP) is 21.7. The molecule has 25 heteroatoms. The molecule has 2 fully saturated rings. The van der Waals surface area contributed by atoms with Crippen LogP contribution in [0.3, 0.4) is 0 Å². The zero-order valence-electron chi connectivity index (χ0n) is 84.3. The number of likely N-dealkylation sites (N-methyl/N-ethyl adjacent to an activating group) is 2. The van der Waals surface area contributed by atoms with E-state index in [2.05, 4.69) is 100 Å². The van der Waals surface area contributed by atoms with Crippen molar-refractivity contribution in [1.29, 1.82) is 0 Å². The van der Waals surface area contributed by atoms with E-state index < -0.39 is 53.1 Å². The molecule has 0 aliphatic carbocycles. The van der Waals surface area contributed by atoms with Crippen molar-refractivity contribution in [2.45, 2.75) is 254 Å². The first kappa shape index (κ1) is 111. The smallest absolute Gasteiger partial charge is 0.303 e. The van der Waals surface area contributed by atoms with Gasteiger partial charge in [-0.3, -0.25) is 38.4 Å². The number of aliphatic hydroxyl groups excluding tert-OH is 2. The summed E-state index contributed by atoms with van der Waals surface area (Å²) in [6.45, 7) is 22.5. The molecule has 23 nitrogen and oxygen atoms in total. The first-order valence-electron chi connectivity index (χ1n) is 50.0. The van der Waals surface area contributed by atoms with E-state index >= 15 is 0 Å². The largest absolute Gasteiger partial charge is 0.508 e. The van der Waals surface area contributed by atoms with Gasteiger partial charge in [-0.05, 0) is 203 Å². The van der Waals surface area contributed by atoms with Gasteiger partial charge >= 0.3 is 5.97 Å². The number of hydrogen-bond acceptors (Lipinski definition) is 19. The molecule has 141 heavy (non-hydrogen) atoms. The third kappa shape index (κ3) is 34.3. The summed E-state index contributed by atoms with van der Waals surface area (Å²) in [6, 6.07) is 65.5. The Balaban J connectivity index is 0.000000243. The highest BCUT2D eigenvalue weighted by Gasteiger charge is 2.46. The molecule has 10 aromatic rings. The van der Waals surface area contributed by atoms with Crippen LogP contribution >= 0.6 is 22.7 Å². The third-order valence-corrected chi connectivity index (χ3v) is 28.0. The minimum Gasteiger partial charge on any atom is -0.508 e. The monoisotopic (exact) mass is 1960 g/mol. The number of carbonyl (C=O) groups is 8. The number of carboxylic acids is 1. The average Bonchev–Trinajstić information content (AvgIpc) is 1.56. The third-order valence-electron chi connectivity index (χ3n) is 26.1. The molecular weight excluding hydrogens is 1810 g/mol. The number of phenolic OH excluding ortho intramolecular Hbond substituents is 2. The Morgan fingerprint density at radius 3 is 1.35 bits per heavy atom. The van der Waals surface area contributed by atoms with Crippen LogP contribution in [0.15, 0.2) is 217 Å². The first-order valence-corrected chi connectivity index (χ1v) is 51.8. The fourth-order valence-electron chi connectivity index (χ4n) is 18.0. The molecule has 0 unspecified atom stereocenters. The number of benzene rings is 8. The van der Waals surface area contributed by atoms with Crippen LogP contribution in [0.5, 0.6) is 23.0 Å². The number of aliphatic hydroxyl groups is 2. The van der Waals surface area contributed by atoms with E-state index in [9.17, 15) is 58.8 Å². The lowest BCUT2D eigenvalue weighted by molar-refractivity contribution is -0.146. The summed E-state index contributed by atoms with van der Waals surface area (Å²) < 4.78 is 11.8. The van der Waals surface area contributed by atoms with Crippen LogP contribution in [0.4, 0.5) is 0 Å². The number of phenols is 2. The van der Waals surface area contributed by atoms with Crippen molar-refractivity contribution in [1.82, 2.24) is 40.6 Å². The molecule has 8 N–H and O–H groups in total. The van der Waals surface area contributed by atoms with Gasteiger partial charge in [0.05, 0.1) is 57.0 Å². The number of thiazole rings is 2. The summed E-state index contributed by atoms with van der Waals surface area (Å²) in [5, 5.41) is 58.5. The highest BCUT2D eigenvalue weighted by atomic mass is 32.1. The number of β-amino-alcohol motifs (C(OH)–C–C–N with tert-alkyl or cyclic N) is 2. The van der Waals surface area contributed by atoms with E-state index in [1.54, 1.807) is 58.9 Å². The summed E-state index contributed by atoms with van der Waals surface area (Å²) >= 11 is 3.18. The predicted molar refractivity (Wildman–Crippen MR) is 564 cm³/mol. The molecule has 2 aliphatic rings. The van der Waals surface area contributed by atoms with Crippen molar-refractivity contribution in [3.05, 3.63) is 273 Å². The van der Waals surface area contributed by atoms with Gasteiger partial charge in [-0.25, -0.2) is 9.97 Å². The molecule has 752 valence electrons. The van der Waals surface area contributed by atoms with Crippen molar-refractivity contribution in [3.63, 3.8) is 0 Å². The molecule has 0 spiro atoms. The summed E-state index contributed by atoms with van der Waals surface area (Å²) in [5.41, 5.74) is 20.0. The second-order valence-corrected chi connectivity index (χ2v) is 40.7. The van der Waals surface area contributed by atoms with Gasteiger partial charge in [0.2, 0.25) is 29.5 Å². The minimum atomic E-state index is -0.869. The number of aryl methyl sites for hydroxylation is 3. The number of ketones is 2. The number of carboxylic acid groups (broad SMARTS) is 1. The van der Waals surface area contributed by atoms with Gasteiger partial charge in [-0.2, -0.15) is 0 Å². The number of amides is 5. The lowest BCUT2D eigenvalue weighted by Crippen LogP contribution is -2.57. The number of likely N-dealkylation sites (tertiary alicyclic amines) is 2. The van der Waals surface area contributed by atoms with Gasteiger partial charge < -0.3 is 65.7 Å². The zero-order chi connectivity index (χ0) is 102. The highest BCUT2D eigenvalue weighted by molar-refractivity contribution is 7.13. The lowest BCUT2D eigenvalue weighted by Gasteiger charge is -2.35. The summed E-state index contributed by atoms with van der Waals surface area (Å²) in [4.78, 5) is 120. The Morgan fingerprint density at radius 1 is 0.489 bits per heavy atom. The molecule has 4 heterocycles. The number of rotatable bonds is 48. The average molecular weight is 1960 g/mol. The molecular formula is C116H146N8O15S2. The molecule has 0 radical (unpaired) electrons. The van der Waals surface area contributed by atoms with Crippen molar-refractivity contribution >= 4 is 92.0 Å². The van der Waals surface area contributed by atoms with Gasteiger partial charge in [0.15, 0.2) is 5.78 Å². The van der Waals surface area contributed by atoms with E-state index in [0.717, 1.165) is 172 Å². The molecule has 8 aromatic carbocycles. The van der Waals surface area contributed by atoms with E-state index in [1.165, 1.54) is 32.1 Å². The number of ether oxygens (including phenoxy) is 2. The number of nitrogens with one attached hydrogen (secondary N) is 3. The Kier molecular flexibility index (Phi) is 43.8. The molecule has 12 rings (SSSR count). The van der Waals surface area contributed by atoms with E-state index in [1.807, 2.05) is 195 Å². The van der Waals surface area contributed by atoms with Crippen molar-refractivity contribution in [2.75, 3.05) is 53.5 Å². The molecule has 0 bridgehead atoms. The van der Waals surface area contributed by atoms with E-state index in [0.29, 0.717) is 51.9 Å². The van der Waals surface area contributed by atoms with Crippen molar-refractivity contribution in [3.8, 4) is 43.9 Å². The fourth-order valence-corrected chi connectivity index (χ4v) is 19.6. The second kappa shape index (κ2) is 55.8. The van der Waals surface area contributed by atoms with Gasteiger partial charge in [0, 0.05) is 90.5 Å². The number of allylic oxidation sites excluding steroid dienone is 2. The number of carbonyl (C=O) groups excluding carboxylic acids is 7. The number of aromatic nitrogens is 2. The number of Topliss-reactive ketones (excluding diaryl/α,β-unsaturated/α-hetero) is 2. The molecule has 2 aliphatic heterocycles. The Labute approximate surface area is 841 Å². The zero-order valence-corrected chi connectivity index (χ0v) is 86.0. The van der Waals surface area contributed by atoms with Crippen molar-refractivity contribution < 1.29 is 73.4 Å². The Hall–Kier alpha value is -12.3. The normalized spacial score (nSPS) is 15.4. The van der Waals surface area contributed by atoms with Gasteiger partial charge in [-0.1, -0.05) is 264 Å². The fraction of sp³-hybridized carbons (Fsp3) is 0.431. The number of hydrogen-bond donors (Lipinski definition) is 8. The van der Waals surface area contributed by atoms with Crippen LogP contribution < -0.4 is 25.4 Å². The molecule has 6 atom stereocenters. The number of aromatic hydroxyl groups is 2. The Bertz CT molecular complexity index is 5690.